The monoisotopic (exact) mass is 261 g/mol. The fraction of sp³-hybridized carbons (Fsp3) is 0.385. The van der Waals surface area contributed by atoms with E-state index in [2.05, 4.69) is 19.9 Å². The van der Waals surface area contributed by atoms with Crippen LogP contribution < -0.4 is 4.90 Å². The van der Waals surface area contributed by atoms with Gasteiger partial charge in [0.1, 0.15) is 11.6 Å². The van der Waals surface area contributed by atoms with Crippen molar-refractivity contribution in [1.29, 1.82) is 0 Å². The number of halogens is 1. The van der Waals surface area contributed by atoms with Gasteiger partial charge in [0.2, 0.25) is 0 Å². The highest BCUT2D eigenvalue weighted by Crippen LogP contribution is 2.17. The zero-order valence-electron chi connectivity index (χ0n) is 11.3. The number of hydrogen-bond acceptors (Lipinski definition) is 5. The Balaban J connectivity index is 2.10. The molecule has 0 radical (unpaired) electrons. The van der Waals surface area contributed by atoms with Gasteiger partial charge in [0, 0.05) is 32.4 Å². The molecule has 0 amide bonds. The van der Waals surface area contributed by atoms with Crippen molar-refractivity contribution < 1.29 is 4.39 Å². The van der Waals surface area contributed by atoms with Gasteiger partial charge in [-0.2, -0.15) is 0 Å². The Bertz CT molecular complexity index is 558. The van der Waals surface area contributed by atoms with Gasteiger partial charge in [0.25, 0.3) is 0 Å². The Hall–Kier alpha value is -2.11. The van der Waals surface area contributed by atoms with Gasteiger partial charge in [0.15, 0.2) is 11.6 Å². The van der Waals surface area contributed by atoms with Crippen molar-refractivity contribution in [3.05, 3.63) is 41.6 Å². The number of nitrogens with zero attached hydrogens (tertiary/aromatic N) is 5. The van der Waals surface area contributed by atoms with Crippen LogP contribution in [0.5, 0.6) is 0 Å². The van der Waals surface area contributed by atoms with E-state index >= 15 is 0 Å². The molecule has 2 rings (SSSR count). The molecule has 0 atom stereocenters. The fourth-order valence-electron chi connectivity index (χ4n) is 1.77. The zero-order valence-corrected chi connectivity index (χ0v) is 11.3. The van der Waals surface area contributed by atoms with Crippen molar-refractivity contribution in [2.75, 3.05) is 18.5 Å². The molecule has 2 aromatic heterocycles. The first-order chi connectivity index (χ1) is 9.08. The number of rotatable bonds is 4. The summed E-state index contributed by atoms with van der Waals surface area (Å²) in [6.07, 6.45) is 4.03. The van der Waals surface area contributed by atoms with Gasteiger partial charge in [0.05, 0.1) is 5.69 Å². The molecule has 2 aromatic rings. The first-order valence-corrected chi connectivity index (χ1v) is 6.05. The Morgan fingerprint density at radius 2 is 1.84 bits per heavy atom. The number of hydrogen-bond donors (Lipinski definition) is 0. The summed E-state index contributed by atoms with van der Waals surface area (Å²) in [6, 6.07) is 1.77. The molecule has 0 bridgehead atoms. The number of aryl methyl sites for hydroxylation is 2. The summed E-state index contributed by atoms with van der Waals surface area (Å²) in [4.78, 5) is 18.2. The van der Waals surface area contributed by atoms with Crippen molar-refractivity contribution in [2.24, 2.45) is 0 Å². The summed E-state index contributed by atoms with van der Waals surface area (Å²) in [5.41, 5.74) is 0.366. The summed E-state index contributed by atoms with van der Waals surface area (Å²) in [6.45, 7) is 3.99. The molecule has 19 heavy (non-hydrogen) atoms. The van der Waals surface area contributed by atoms with Crippen LogP contribution in [0.25, 0.3) is 0 Å². The molecule has 0 N–H and O–H groups in total. The molecule has 0 fully saturated rings. The Labute approximate surface area is 111 Å². The van der Waals surface area contributed by atoms with Crippen molar-refractivity contribution in [1.82, 2.24) is 19.9 Å². The highest BCUT2D eigenvalue weighted by atomic mass is 19.1. The molecule has 5 nitrogen and oxygen atoms in total. The quantitative estimate of drug-likeness (QED) is 0.838. The molecule has 0 aromatic carbocycles. The van der Waals surface area contributed by atoms with Crippen LogP contribution >= 0.6 is 0 Å². The minimum absolute atomic E-state index is 0.320. The van der Waals surface area contributed by atoms with E-state index < -0.39 is 0 Å². The highest BCUT2D eigenvalue weighted by Gasteiger charge is 2.14. The molecule has 0 aliphatic rings. The predicted molar refractivity (Wildman–Crippen MR) is 70.5 cm³/mol. The van der Waals surface area contributed by atoms with Crippen LogP contribution in [0.2, 0.25) is 0 Å². The number of anilines is 1. The van der Waals surface area contributed by atoms with Crippen molar-refractivity contribution in [2.45, 2.75) is 20.3 Å². The van der Waals surface area contributed by atoms with Gasteiger partial charge < -0.3 is 4.90 Å². The van der Waals surface area contributed by atoms with E-state index in [0.717, 1.165) is 5.82 Å². The number of likely N-dealkylation sites (N-methyl/N-ethyl adjacent to an activating group) is 1. The second kappa shape index (κ2) is 5.69. The molecule has 0 aliphatic heterocycles. The lowest BCUT2D eigenvalue weighted by Crippen LogP contribution is -2.24. The molecule has 0 aliphatic carbocycles. The lowest BCUT2D eigenvalue weighted by Gasteiger charge is -2.19. The molecule has 100 valence electrons. The minimum Gasteiger partial charge on any atom is -0.357 e. The third-order valence-electron chi connectivity index (χ3n) is 2.76. The van der Waals surface area contributed by atoms with E-state index in [1.807, 2.05) is 0 Å². The lowest BCUT2D eigenvalue weighted by atomic mass is 10.3. The maximum atomic E-state index is 14.0. The van der Waals surface area contributed by atoms with Gasteiger partial charge in [-0.15, -0.1) is 0 Å². The first-order valence-electron chi connectivity index (χ1n) is 6.05. The van der Waals surface area contributed by atoms with Crippen molar-refractivity contribution in [3.63, 3.8) is 0 Å². The summed E-state index contributed by atoms with van der Waals surface area (Å²) >= 11 is 0. The minimum atomic E-state index is -0.373. The van der Waals surface area contributed by atoms with Crippen LogP contribution in [0.3, 0.4) is 0 Å². The smallest absolute Gasteiger partial charge is 0.186 e. The average Bonchev–Trinajstić information content (AvgIpc) is 2.41. The topological polar surface area (TPSA) is 54.8 Å². The largest absolute Gasteiger partial charge is 0.357 e. The van der Waals surface area contributed by atoms with Gasteiger partial charge in [-0.25, -0.2) is 24.3 Å². The Morgan fingerprint density at radius 1 is 1.16 bits per heavy atom. The maximum absolute atomic E-state index is 14.0. The average molecular weight is 261 g/mol. The molecular formula is C13H16FN5. The summed E-state index contributed by atoms with van der Waals surface area (Å²) in [5, 5.41) is 0. The van der Waals surface area contributed by atoms with Crippen molar-refractivity contribution in [3.8, 4) is 0 Å². The third kappa shape index (κ3) is 3.21. The Kier molecular flexibility index (Phi) is 3.99. The summed E-state index contributed by atoms with van der Waals surface area (Å²) < 4.78 is 14.0. The molecule has 0 saturated carbocycles. The van der Waals surface area contributed by atoms with Gasteiger partial charge in [-0.05, 0) is 19.9 Å². The van der Waals surface area contributed by atoms with E-state index in [1.54, 1.807) is 44.3 Å². The Morgan fingerprint density at radius 3 is 2.53 bits per heavy atom. The summed E-state index contributed by atoms with van der Waals surface area (Å²) in [7, 11) is 1.80. The van der Waals surface area contributed by atoms with E-state index in [-0.39, 0.29) is 5.82 Å². The molecule has 0 saturated heterocycles. The SMILES string of the molecule is Cc1nc(C)c(F)c(N(C)CCc2ncccn2)n1. The second-order valence-electron chi connectivity index (χ2n) is 4.33. The number of aromatic nitrogens is 4. The standard InChI is InChI=1S/C13H16FN5/c1-9-12(14)13(18-10(2)17-9)19(3)8-5-11-15-6-4-7-16-11/h4,6-7H,5,8H2,1-3H3. The van der Waals surface area contributed by atoms with Crippen LogP contribution in [-0.2, 0) is 6.42 Å². The second-order valence-corrected chi connectivity index (χ2v) is 4.33. The molecule has 0 unspecified atom stereocenters. The maximum Gasteiger partial charge on any atom is 0.186 e. The molecular weight excluding hydrogens is 245 g/mol. The van der Waals surface area contributed by atoms with E-state index in [4.69, 9.17) is 0 Å². The first kappa shape index (κ1) is 13.3. The molecule has 6 heteroatoms. The van der Waals surface area contributed by atoms with E-state index in [0.29, 0.717) is 30.3 Å². The molecule has 0 spiro atoms. The van der Waals surface area contributed by atoms with Crippen LogP contribution in [0.15, 0.2) is 18.5 Å². The lowest BCUT2D eigenvalue weighted by molar-refractivity contribution is 0.592. The van der Waals surface area contributed by atoms with Gasteiger partial charge >= 0.3 is 0 Å². The predicted octanol–water partition coefficient (Wildman–Crippen LogP) is 1.70. The van der Waals surface area contributed by atoms with Crippen LogP contribution in [0, 0.1) is 19.7 Å². The van der Waals surface area contributed by atoms with Crippen molar-refractivity contribution >= 4 is 5.82 Å². The van der Waals surface area contributed by atoms with Crippen LogP contribution in [0.4, 0.5) is 10.2 Å². The van der Waals surface area contributed by atoms with Gasteiger partial charge in [-0.1, -0.05) is 0 Å². The fourth-order valence-corrected chi connectivity index (χ4v) is 1.77. The molecule has 2 heterocycles. The normalized spacial score (nSPS) is 10.5. The summed E-state index contributed by atoms with van der Waals surface area (Å²) in [5.74, 6) is 1.25. The van der Waals surface area contributed by atoms with Crippen LogP contribution in [0.1, 0.15) is 17.3 Å². The van der Waals surface area contributed by atoms with Gasteiger partial charge in [-0.3, -0.25) is 0 Å². The van der Waals surface area contributed by atoms with E-state index in [1.165, 1.54) is 0 Å². The van der Waals surface area contributed by atoms with Crippen LogP contribution in [-0.4, -0.2) is 33.5 Å². The third-order valence-corrected chi connectivity index (χ3v) is 2.76. The van der Waals surface area contributed by atoms with E-state index in [9.17, 15) is 4.39 Å². The zero-order chi connectivity index (χ0) is 13.8. The highest BCUT2D eigenvalue weighted by molar-refractivity contribution is 5.40.